The first-order chi connectivity index (χ1) is 50.7. The van der Waals surface area contributed by atoms with Crippen LogP contribution in [0.25, 0.3) is 0 Å². The van der Waals surface area contributed by atoms with Crippen molar-refractivity contribution in [3.05, 3.63) is 57.7 Å². The fourth-order valence-corrected chi connectivity index (χ4v) is 16.1. The van der Waals surface area contributed by atoms with E-state index in [2.05, 4.69) is 29.5 Å². The molecule has 2 aliphatic rings. The van der Waals surface area contributed by atoms with Crippen LogP contribution in [0.1, 0.15) is 300 Å². The third kappa shape index (κ3) is 41.2. The van der Waals surface area contributed by atoms with E-state index in [4.69, 9.17) is 33.5 Å². The Morgan fingerprint density at radius 3 is 1.87 bits per heavy atom. The zero-order chi connectivity index (χ0) is 79.2. The van der Waals surface area contributed by atoms with Gasteiger partial charge in [-0.05, 0) is 212 Å². The molecule has 620 valence electrons. The molecule has 107 heavy (non-hydrogen) atoms. The summed E-state index contributed by atoms with van der Waals surface area (Å²) in [5.74, 6) is -2.94. The standard InChI is InChI=1S/C79H140N4O22S2/c1-50-33-36-64(91)41-59(86)25-17-24-57(84)23-16-15-21-52(3)77(105-107(98,99)100)76(56(7)103-79(97)69-48-102-74(81-69)31-20-30-60(87)40-58(85)26-19-29-63(90)45-68(101-8)37-34-50)83-78(96)54(5)39-53(4)71(95)46-66(93)43-62(89)28-18-27-61(88)42-65(92)44-67(94)47-73-51(2)35-38-72(104-73)70-49-106-75(82-70)32-14-12-10-9-11-13-22-55(6)80/h34,37,39,48-53,55-68,71-73,76-77,84-95H,9-33,35-36,38,40-47,80H2,1-8H3,(H,83,96)(H,98,99,100)/b37-34+,54-39+/t50?,51?,52?,53?,55-,56?,57?,58+,59?,60-,61?,62?,63-,64?,65?,66?,67?,68+,71?,72?,73?,76?,77?/m1/s1. The Balaban J connectivity index is 1.32. The summed E-state index contributed by atoms with van der Waals surface area (Å²) in [5, 5.41) is 137. The van der Waals surface area contributed by atoms with Gasteiger partial charge < -0.3 is 91.0 Å². The van der Waals surface area contributed by atoms with Crippen molar-refractivity contribution in [3.63, 3.8) is 0 Å². The topological polar surface area (TPSA) is 445 Å². The number of fused-ring (bicyclic) bond motifs is 2. The Morgan fingerprint density at radius 1 is 0.664 bits per heavy atom. The third-order valence-electron chi connectivity index (χ3n) is 21.3. The molecule has 4 rings (SSSR count). The lowest BCUT2D eigenvalue weighted by molar-refractivity contribution is -0.120. The molecule has 23 atom stereocenters. The van der Waals surface area contributed by atoms with Crippen molar-refractivity contribution >= 4 is 33.6 Å². The van der Waals surface area contributed by atoms with E-state index >= 15 is 0 Å². The minimum absolute atomic E-state index is 0.0190. The van der Waals surface area contributed by atoms with Gasteiger partial charge in [0.1, 0.15) is 24.6 Å². The van der Waals surface area contributed by atoms with Gasteiger partial charge in [-0.3, -0.25) is 9.35 Å². The average Bonchev–Trinajstić information content (AvgIpc) is 1.73. The normalized spacial score (nSPS) is 30.0. The molecule has 26 nitrogen and oxygen atoms in total. The molecular weight excluding hydrogens is 1420 g/mol. The highest BCUT2D eigenvalue weighted by Gasteiger charge is 2.40. The number of carbonyl (C=O) groups is 2. The molecule has 1 saturated heterocycles. The SMILES string of the molecule is CO[C@H]1/C=C/C(C)CCC(O)CC(O)CCCC(O)CCCCC(C)C(OS(=O)(=O)O)C(NC(=O)/C(C)=C/C(C)C(O)CC(O)CC(O)CCCC(O)CC(O)CC(O)CC2OC(c3csc(CCCCCCCC[C@@H](C)N)n3)CCC2C)C(C)OC(=O)c2coc(n2)CCC[C@@H](O)C[C@@H](O)CCC[C@@H](O)C1. The van der Waals surface area contributed by atoms with Crippen molar-refractivity contribution in [3.8, 4) is 0 Å². The summed E-state index contributed by atoms with van der Waals surface area (Å²) in [6.45, 7) is 12.2. The van der Waals surface area contributed by atoms with Crippen LogP contribution in [-0.2, 0) is 46.4 Å². The molecule has 2 aromatic heterocycles. The Hall–Kier alpha value is -3.47. The van der Waals surface area contributed by atoms with E-state index < -0.39 is 126 Å². The smallest absolute Gasteiger partial charge is 0.397 e. The number of cyclic esters (lactones) is 1. The number of amides is 1. The summed E-state index contributed by atoms with van der Waals surface area (Å²) in [7, 11) is -3.68. The highest BCUT2D eigenvalue weighted by molar-refractivity contribution is 7.80. The molecule has 2 aromatic rings. The van der Waals surface area contributed by atoms with Gasteiger partial charge in [-0.2, -0.15) is 8.42 Å². The average molecular weight is 1560 g/mol. The molecule has 28 heteroatoms. The molecular formula is C79H140N4O22S2. The number of oxazole rings is 1. The summed E-state index contributed by atoms with van der Waals surface area (Å²) in [6, 6.07) is -1.21. The predicted molar refractivity (Wildman–Crippen MR) is 410 cm³/mol. The van der Waals surface area contributed by atoms with Gasteiger partial charge in [0.2, 0.25) is 5.91 Å². The minimum atomic E-state index is -5.24. The summed E-state index contributed by atoms with van der Waals surface area (Å²) >= 11 is 1.67. The number of aliphatic hydroxyl groups excluding tert-OH is 12. The fraction of sp³-hybridized carbons (Fsp3) is 0.848. The second-order valence-electron chi connectivity index (χ2n) is 31.8. The van der Waals surface area contributed by atoms with Gasteiger partial charge in [-0.1, -0.05) is 90.9 Å². The number of aromatic nitrogens is 2. The van der Waals surface area contributed by atoms with Gasteiger partial charge in [0.05, 0.1) is 102 Å². The second kappa shape index (κ2) is 52.0. The summed E-state index contributed by atoms with van der Waals surface area (Å²) < 4.78 is 64.3. The van der Waals surface area contributed by atoms with E-state index in [1.54, 1.807) is 32.3 Å². The molecule has 0 spiro atoms. The number of ether oxygens (including phenoxy) is 3. The number of nitrogens with two attached hydrogens (primary N) is 1. The number of nitrogens with one attached hydrogen (secondary N) is 1. The van der Waals surface area contributed by atoms with Crippen LogP contribution < -0.4 is 11.1 Å². The van der Waals surface area contributed by atoms with Crippen molar-refractivity contribution < 1.29 is 107 Å². The van der Waals surface area contributed by atoms with Crippen LogP contribution in [-0.4, -0.2) is 213 Å². The lowest BCUT2D eigenvalue weighted by Crippen LogP contribution is -2.55. The number of esters is 1. The quantitative estimate of drug-likeness (QED) is 0.0110. The number of hydrogen-bond donors (Lipinski definition) is 15. The lowest BCUT2D eigenvalue weighted by Gasteiger charge is -2.35. The summed E-state index contributed by atoms with van der Waals surface area (Å²) in [4.78, 5) is 37.2. The lowest BCUT2D eigenvalue weighted by atomic mass is 9.88. The van der Waals surface area contributed by atoms with Gasteiger partial charge in [0.25, 0.3) is 0 Å². The van der Waals surface area contributed by atoms with Gasteiger partial charge >= 0.3 is 16.4 Å². The molecule has 18 unspecified atom stereocenters. The Bertz CT molecular complexity index is 2890. The molecule has 0 aromatic carbocycles. The number of carbonyl (C=O) groups excluding carboxylic acids is 2. The number of nitrogens with zero attached hydrogens (tertiary/aromatic N) is 2. The number of hydrogen-bond acceptors (Lipinski definition) is 25. The van der Waals surface area contributed by atoms with Crippen LogP contribution in [0.3, 0.4) is 0 Å². The number of aliphatic hydroxyl groups is 12. The first-order valence-electron chi connectivity index (χ1n) is 40.2. The first-order valence-corrected chi connectivity index (χ1v) is 42.4. The van der Waals surface area contributed by atoms with Crippen LogP contribution in [0.2, 0.25) is 0 Å². The van der Waals surface area contributed by atoms with Crippen molar-refractivity contribution in [2.75, 3.05) is 7.11 Å². The molecule has 2 bridgehead atoms. The molecule has 1 fully saturated rings. The number of aryl methyl sites for hydroxylation is 2. The van der Waals surface area contributed by atoms with Crippen molar-refractivity contribution in [2.24, 2.45) is 29.4 Å². The summed E-state index contributed by atoms with van der Waals surface area (Å²) in [5.41, 5.74) is 6.57. The maximum atomic E-state index is 14.2. The maximum absolute atomic E-state index is 14.2. The number of methoxy groups -OCH3 is 1. The Labute approximate surface area is 642 Å². The second-order valence-corrected chi connectivity index (χ2v) is 33.8. The molecule has 0 saturated carbocycles. The van der Waals surface area contributed by atoms with Crippen LogP contribution in [0.15, 0.2) is 39.9 Å². The molecule has 2 aliphatic heterocycles. The zero-order valence-electron chi connectivity index (χ0n) is 65.4. The van der Waals surface area contributed by atoms with Gasteiger partial charge in [-0.25, -0.2) is 18.9 Å². The van der Waals surface area contributed by atoms with E-state index in [-0.39, 0.29) is 124 Å². The van der Waals surface area contributed by atoms with E-state index in [0.29, 0.717) is 96.3 Å². The monoisotopic (exact) mass is 1560 g/mol. The van der Waals surface area contributed by atoms with Crippen molar-refractivity contribution in [2.45, 2.75) is 395 Å². The highest BCUT2D eigenvalue weighted by Crippen LogP contribution is 2.38. The number of unbranched alkanes of at least 4 members (excludes halogenated alkanes) is 5. The summed E-state index contributed by atoms with van der Waals surface area (Å²) in [6.07, 6.45) is 10.1. The zero-order valence-corrected chi connectivity index (χ0v) is 67.0. The first kappa shape index (κ1) is 95.9. The van der Waals surface area contributed by atoms with E-state index in [0.717, 1.165) is 49.1 Å². The minimum Gasteiger partial charge on any atom is -0.456 e. The van der Waals surface area contributed by atoms with Gasteiger partial charge in [0, 0.05) is 42.9 Å². The van der Waals surface area contributed by atoms with Crippen molar-refractivity contribution in [1.29, 1.82) is 0 Å². The fourth-order valence-electron chi connectivity index (χ4n) is 14.6. The Morgan fingerprint density at radius 2 is 1.23 bits per heavy atom. The molecule has 1 amide bonds. The molecule has 0 radical (unpaired) electrons. The highest BCUT2D eigenvalue weighted by atomic mass is 32.3. The van der Waals surface area contributed by atoms with Crippen LogP contribution in [0.5, 0.6) is 0 Å². The Kier molecular flexibility index (Phi) is 46.6. The van der Waals surface area contributed by atoms with Crippen LogP contribution >= 0.6 is 11.3 Å². The number of thiazole rings is 1. The maximum Gasteiger partial charge on any atom is 0.397 e. The van der Waals surface area contributed by atoms with E-state index in [9.17, 15) is 83.8 Å². The molecule has 4 heterocycles. The van der Waals surface area contributed by atoms with Crippen LogP contribution in [0, 0.1) is 23.7 Å². The molecule has 16 N–H and O–H groups in total. The van der Waals surface area contributed by atoms with Gasteiger partial charge in [0.15, 0.2) is 11.6 Å². The molecule has 0 aliphatic carbocycles. The predicted octanol–water partition coefficient (Wildman–Crippen LogP) is 9.59. The van der Waals surface area contributed by atoms with Gasteiger partial charge in [-0.15, -0.1) is 11.3 Å². The van der Waals surface area contributed by atoms with E-state index in [1.807, 2.05) is 19.1 Å². The number of allylic oxidation sites excluding steroid dienone is 1. The van der Waals surface area contributed by atoms with Crippen molar-refractivity contribution in [1.82, 2.24) is 15.3 Å². The number of rotatable bonds is 31. The largest absolute Gasteiger partial charge is 0.456 e. The third-order valence-corrected chi connectivity index (χ3v) is 22.7. The van der Waals surface area contributed by atoms with E-state index in [1.165, 1.54) is 52.0 Å². The van der Waals surface area contributed by atoms with Crippen LogP contribution in [0.4, 0.5) is 0 Å².